The first kappa shape index (κ1) is 22.6. The molecule has 34 heavy (non-hydrogen) atoms. The molecule has 1 fully saturated rings. The third-order valence-electron chi connectivity index (χ3n) is 6.46. The minimum Gasteiger partial charge on any atom is -0.507 e. The third kappa shape index (κ3) is 4.45. The van der Waals surface area contributed by atoms with Crippen molar-refractivity contribution >= 4 is 28.2 Å². The van der Waals surface area contributed by atoms with Crippen LogP contribution >= 0.6 is 11.3 Å². The SMILES string of the molecule is CCc1ccc(O)c(-c2cc(C(=O)Nc3sc4c(c3C(=O)NC[C@H]3CCCO3)CCC4)[nH]n2)c1. The van der Waals surface area contributed by atoms with E-state index >= 15 is 0 Å². The first-order valence-corrected chi connectivity index (χ1v) is 12.6. The zero-order valence-electron chi connectivity index (χ0n) is 19.1. The van der Waals surface area contributed by atoms with Crippen molar-refractivity contribution in [1.29, 1.82) is 0 Å². The Morgan fingerprint density at radius 3 is 2.91 bits per heavy atom. The van der Waals surface area contributed by atoms with Crippen LogP contribution in [-0.2, 0) is 24.0 Å². The van der Waals surface area contributed by atoms with Crippen molar-refractivity contribution in [3.8, 4) is 17.0 Å². The number of aromatic nitrogens is 2. The number of hydrogen-bond acceptors (Lipinski definition) is 6. The molecule has 0 saturated carbocycles. The van der Waals surface area contributed by atoms with Crippen LogP contribution in [0.1, 0.15) is 63.0 Å². The molecule has 0 spiro atoms. The van der Waals surface area contributed by atoms with Gasteiger partial charge in [0.25, 0.3) is 11.8 Å². The van der Waals surface area contributed by atoms with Crippen molar-refractivity contribution < 1.29 is 19.4 Å². The molecule has 3 heterocycles. The number of nitrogens with one attached hydrogen (secondary N) is 3. The molecule has 4 N–H and O–H groups in total. The molecule has 1 aliphatic carbocycles. The number of hydrogen-bond donors (Lipinski definition) is 4. The molecule has 0 radical (unpaired) electrons. The standard InChI is InChI=1S/C25H28N4O4S/c1-2-14-8-9-20(30)17(11-14)18-12-19(29-28-18)23(31)27-25-22(16-6-3-7-21(16)34-25)24(32)26-13-15-5-4-10-33-15/h8-9,11-12,15,30H,2-7,10,13H2,1H3,(H,26,32)(H,27,31)(H,28,29)/t15-/m1/s1. The van der Waals surface area contributed by atoms with E-state index in [1.807, 2.05) is 19.1 Å². The predicted molar refractivity (Wildman–Crippen MR) is 131 cm³/mol. The molecule has 8 nitrogen and oxygen atoms in total. The summed E-state index contributed by atoms with van der Waals surface area (Å²) in [6.45, 7) is 3.25. The topological polar surface area (TPSA) is 116 Å². The zero-order valence-corrected chi connectivity index (χ0v) is 19.9. The number of carbonyl (C=O) groups is 2. The Hall–Kier alpha value is -3.17. The quantitative estimate of drug-likeness (QED) is 0.407. The van der Waals surface area contributed by atoms with Crippen molar-refractivity contribution in [3.63, 3.8) is 0 Å². The highest BCUT2D eigenvalue weighted by Gasteiger charge is 2.28. The second-order valence-electron chi connectivity index (χ2n) is 8.73. The van der Waals surface area contributed by atoms with Gasteiger partial charge in [-0.2, -0.15) is 5.10 Å². The molecular formula is C25H28N4O4S. The highest BCUT2D eigenvalue weighted by molar-refractivity contribution is 7.17. The molecule has 2 amide bonds. The number of anilines is 1. The molecule has 0 bridgehead atoms. The van der Waals surface area contributed by atoms with Gasteiger partial charge in [0, 0.05) is 23.6 Å². The van der Waals surface area contributed by atoms with Gasteiger partial charge in [-0.25, -0.2) is 0 Å². The first-order valence-electron chi connectivity index (χ1n) is 11.8. The Bertz CT molecular complexity index is 1230. The van der Waals surface area contributed by atoms with Crippen LogP contribution in [0.4, 0.5) is 5.00 Å². The molecule has 2 aliphatic rings. The number of thiophene rings is 1. The van der Waals surface area contributed by atoms with Gasteiger partial charge in [0.15, 0.2) is 0 Å². The summed E-state index contributed by atoms with van der Waals surface area (Å²) < 4.78 is 5.62. The van der Waals surface area contributed by atoms with E-state index in [1.54, 1.807) is 12.1 Å². The highest BCUT2D eigenvalue weighted by atomic mass is 32.1. The first-order chi connectivity index (χ1) is 16.5. The lowest BCUT2D eigenvalue weighted by Crippen LogP contribution is -2.32. The Labute approximate surface area is 201 Å². The lowest BCUT2D eigenvalue weighted by atomic mass is 10.1. The Morgan fingerprint density at radius 1 is 1.24 bits per heavy atom. The smallest absolute Gasteiger partial charge is 0.274 e. The van der Waals surface area contributed by atoms with Crippen LogP contribution in [0.3, 0.4) is 0 Å². The maximum Gasteiger partial charge on any atom is 0.274 e. The van der Waals surface area contributed by atoms with Gasteiger partial charge >= 0.3 is 0 Å². The molecule has 2 aromatic heterocycles. The number of ether oxygens (including phenoxy) is 1. The lowest BCUT2D eigenvalue weighted by Gasteiger charge is -2.12. The molecule has 5 rings (SSSR count). The van der Waals surface area contributed by atoms with Gasteiger partial charge in [0.2, 0.25) is 0 Å². The van der Waals surface area contributed by atoms with E-state index < -0.39 is 0 Å². The summed E-state index contributed by atoms with van der Waals surface area (Å²) in [5.74, 6) is -0.440. The fourth-order valence-corrected chi connectivity index (χ4v) is 5.87. The summed E-state index contributed by atoms with van der Waals surface area (Å²) in [4.78, 5) is 27.3. The van der Waals surface area contributed by atoms with Crippen LogP contribution < -0.4 is 10.6 Å². The number of aryl methyl sites for hydroxylation is 2. The predicted octanol–water partition coefficient (Wildman–Crippen LogP) is 4.06. The monoisotopic (exact) mass is 480 g/mol. The average molecular weight is 481 g/mol. The van der Waals surface area contributed by atoms with Gasteiger partial charge in [-0.3, -0.25) is 14.7 Å². The number of phenolic OH excluding ortho intramolecular Hbond substituents is 1. The maximum absolute atomic E-state index is 13.1. The molecule has 178 valence electrons. The maximum atomic E-state index is 13.1. The van der Waals surface area contributed by atoms with Crippen molar-refractivity contribution in [2.24, 2.45) is 0 Å². The molecule has 3 aromatic rings. The number of phenols is 1. The number of amides is 2. The molecule has 1 atom stereocenters. The van der Waals surface area contributed by atoms with Crippen LogP contribution in [0, 0.1) is 0 Å². The van der Waals surface area contributed by atoms with E-state index in [9.17, 15) is 14.7 Å². The van der Waals surface area contributed by atoms with Gasteiger partial charge in [-0.15, -0.1) is 11.3 Å². The molecular weight excluding hydrogens is 452 g/mol. The summed E-state index contributed by atoms with van der Waals surface area (Å²) in [7, 11) is 0. The number of rotatable bonds is 7. The fourth-order valence-electron chi connectivity index (χ4n) is 4.59. The minimum atomic E-state index is -0.377. The minimum absolute atomic E-state index is 0.0553. The van der Waals surface area contributed by atoms with Crippen molar-refractivity contribution in [1.82, 2.24) is 15.5 Å². The second-order valence-corrected chi connectivity index (χ2v) is 9.84. The van der Waals surface area contributed by atoms with Gasteiger partial charge in [0.1, 0.15) is 16.4 Å². The van der Waals surface area contributed by atoms with E-state index in [4.69, 9.17) is 4.74 Å². The molecule has 1 saturated heterocycles. The van der Waals surface area contributed by atoms with Crippen molar-refractivity contribution in [2.75, 3.05) is 18.5 Å². The molecule has 1 aromatic carbocycles. The summed E-state index contributed by atoms with van der Waals surface area (Å²) in [5, 5.41) is 23.7. The van der Waals surface area contributed by atoms with Crippen LogP contribution in [0.25, 0.3) is 11.3 Å². The number of H-pyrrole nitrogens is 1. The number of aromatic hydroxyl groups is 1. The van der Waals surface area contributed by atoms with E-state index in [1.165, 1.54) is 11.3 Å². The normalized spacial score (nSPS) is 17.0. The third-order valence-corrected chi connectivity index (χ3v) is 7.66. The number of carbonyl (C=O) groups excluding carboxylic acids is 2. The number of benzene rings is 1. The van der Waals surface area contributed by atoms with Gasteiger partial charge < -0.3 is 20.5 Å². The van der Waals surface area contributed by atoms with E-state index in [0.717, 1.165) is 61.1 Å². The Morgan fingerprint density at radius 2 is 2.12 bits per heavy atom. The summed E-state index contributed by atoms with van der Waals surface area (Å²) in [5.41, 5.74) is 3.98. The van der Waals surface area contributed by atoms with Crippen molar-refractivity contribution in [3.05, 3.63) is 51.5 Å². The second kappa shape index (κ2) is 9.60. The average Bonchev–Trinajstić information content (AvgIpc) is 3.62. The van der Waals surface area contributed by atoms with E-state index in [-0.39, 0.29) is 29.4 Å². The fraction of sp³-hybridized carbons (Fsp3) is 0.400. The van der Waals surface area contributed by atoms with E-state index in [0.29, 0.717) is 28.4 Å². The summed E-state index contributed by atoms with van der Waals surface area (Å²) in [6.07, 6.45) is 5.62. The number of aromatic amines is 1. The van der Waals surface area contributed by atoms with Crippen LogP contribution in [0.5, 0.6) is 5.75 Å². The zero-order chi connectivity index (χ0) is 23.7. The summed E-state index contributed by atoms with van der Waals surface area (Å²) >= 11 is 1.47. The largest absolute Gasteiger partial charge is 0.507 e. The molecule has 0 unspecified atom stereocenters. The Kier molecular flexibility index (Phi) is 6.38. The van der Waals surface area contributed by atoms with Gasteiger partial charge in [-0.1, -0.05) is 13.0 Å². The van der Waals surface area contributed by atoms with Crippen LogP contribution in [0.2, 0.25) is 0 Å². The molecule has 1 aliphatic heterocycles. The Balaban J connectivity index is 1.35. The molecule has 9 heteroatoms. The number of nitrogens with zero attached hydrogens (tertiary/aromatic N) is 1. The van der Waals surface area contributed by atoms with Gasteiger partial charge in [0.05, 0.1) is 17.4 Å². The lowest BCUT2D eigenvalue weighted by molar-refractivity contribution is 0.0858. The van der Waals surface area contributed by atoms with Gasteiger partial charge in [-0.05, 0) is 67.9 Å². The number of fused-ring (bicyclic) bond motifs is 1. The van der Waals surface area contributed by atoms with Crippen LogP contribution in [-0.4, -0.2) is 46.4 Å². The van der Waals surface area contributed by atoms with Crippen LogP contribution in [0.15, 0.2) is 24.3 Å². The highest BCUT2D eigenvalue weighted by Crippen LogP contribution is 2.39. The van der Waals surface area contributed by atoms with Crippen molar-refractivity contribution in [2.45, 2.75) is 51.6 Å². The summed E-state index contributed by atoms with van der Waals surface area (Å²) in [6, 6.07) is 6.98. The van der Waals surface area contributed by atoms with E-state index in [2.05, 4.69) is 20.8 Å².